The number of carbonyl (C=O) groups is 1. The third kappa shape index (κ3) is 4.16. The summed E-state index contributed by atoms with van der Waals surface area (Å²) in [6.07, 6.45) is 0. The van der Waals surface area contributed by atoms with Gasteiger partial charge < -0.3 is 10.6 Å². The lowest BCUT2D eigenvalue weighted by molar-refractivity contribution is 0.0747. The second-order valence-corrected chi connectivity index (χ2v) is 5.88. The summed E-state index contributed by atoms with van der Waals surface area (Å²) in [5.41, 5.74) is 8.45. The van der Waals surface area contributed by atoms with E-state index in [-0.39, 0.29) is 5.91 Å². The summed E-state index contributed by atoms with van der Waals surface area (Å²) in [5, 5.41) is 0. The molecule has 2 aromatic carbocycles. The number of carbonyl (C=O) groups excluding carboxylic acids is 1. The number of nitrogens with two attached hydrogens (primary N) is 1. The Bertz CT molecular complexity index is 613. The number of halogens is 1. The summed E-state index contributed by atoms with van der Waals surface area (Å²) in [5.74, 6) is 0.0225. The third-order valence-electron chi connectivity index (χ3n) is 3.32. The van der Waals surface area contributed by atoms with Gasteiger partial charge in [0.05, 0.1) is 0 Å². The Hall–Kier alpha value is -1.65. The maximum Gasteiger partial charge on any atom is 0.254 e. The topological polar surface area (TPSA) is 46.3 Å². The SMILES string of the molecule is Cc1cc(Br)ccc1C(=O)N(CCN)Cc1ccccc1. The molecule has 0 atom stereocenters. The fourth-order valence-corrected chi connectivity index (χ4v) is 2.72. The minimum Gasteiger partial charge on any atom is -0.333 e. The van der Waals surface area contributed by atoms with Crippen molar-refractivity contribution in [2.45, 2.75) is 13.5 Å². The van der Waals surface area contributed by atoms with E-state index in [1.165, 1.54) is 0 Å². The van der Waals surface area contributed by atoms with Crippen LogP contribution in [0.25, 0.3) is 0 Å². The highest BCUT2D eigenvalue weighted by atomic mass is 79.9. The van der Waals surface area contributed by atoms with Crippen LogP contribution in [0.4, 0.5) is 0 Å². The summed E-state index contributed by atoms with van der Waals surface area (Å²) in [6, 6.07) is 15.7. The van der Waals surface area contributed by atoms with Gasteiger partial charge in [-0.05, 0) is 36.2 Å². The summed E-state index contributed by atoms with van der Waals surface area (Å²) >= 11 is 3.42. The normalized spacial score (nSPS) is 10.4. The molecule has 0 bridgehead atoms. The zero-order valence-electron chi connectivity index (χ0n) is 12.1. The Morgan fingerprint density at radius 2 is 1.90 bits per heavy atom. The number of hydrogen-bond donors (Lipinski definition) is 1. The van der Waals surface area contributed by atoms with E-state index in [0.717, 1.165) is 21.2 Å². The highest BCUT2D eigenvalue weighted by molar-refractivity contribution is 9.10. The average Bonchev–Trinajstić information content (AvgIpc) is 2.47. The van der Waals surface area contributed by atoms with Crippen molar-refractivity contribution < 1.29 is 4.79 Å². The molecule has 2 rings (SSSR count). The Balaban J connectivity index is 2.23. The smallest absolute Gasteiger partial charge is 0.254 e. The Morgan fingerprint density at radius 1 is 1.19 bits per heavy atom. The van der Waals surface area contributed by atoms with Gasteiger partial charge in [-0.25, -0.2) is 0 Å². The summed E-state index contributed by atoms with van der Waals surface area (Å²) < 4.78 is 0.977. The van der Waals surface area contributed by atoms with Gasteiger partial charge in [0.1, 0.15) is 0 Å². The number of amides is 1. The third-order valence-corrected chi connectivity index (χ3v) is 3.81. The standard InChI is InChI=1S/C17H19BrN2O/c1-13-11-15(18)7-8-16(13)17(21)20(10-9-19)12-14-5-3-2-4-6-14/h2-8,11H,9-10,12,19H2,1H3. The van der Waals surface area contributed by atoms with E-state index >= 15 is 0 Å². The molecule has 110 valence electrons. The monoisotopic (exact) mass is 346 g/mol. The molecule has 1 amide bonds. The maximum atomic E-state index is 12.7. The van der Waals surface area contributed by atoms with Crippen LogP contribution in [-0.4, -0.2) is 23.9 Å². The summed E-state index contributed by atoms with van der Waals surface area (Å²) in [4.78, 5) is 14.5. The average molecular weight is 347 g/mol. The van der Waals surface area contributed by atoms with Crippen LogP contribution in [0.2, 0.25) is 0 Å². The van der Waals surface area contributed by atoms with Gasteiger partial charge in [-0.15, -0.1) is 0 Å². The maximum absolute atomic E-state index is 12.7. The Morgan fingerprint density at radius 3 is 2.52 bits per heavy atom. The van der Waals surface area contributed by atoms with Crippen molar-refractivity contribution in [1.82, 2.24) is 4.90 Å². The molecule has 0 aliphatic carbocycles. The number of rotatable bonds is 5. The fourth-order valence-electron chi connectivity index (χ4n) is 2.25. The molecule has 0 spiro atoms. The van der Waals surface area contributed by atoms with Crippen molar-refractivity contribution in [2.24, 2.45) is 5.73 Å². The van der Waals surface area contributed by atoms with Crippen molar-refractivity contribution >= 4 is 21.8 Å². The molecule has 0 aliphatic heterocycles. The van der Waals surface area contributed by atoms with Gasteiger partial charge in [0.2, 0.25) is 0 Å². The molecule has 0 aliphatic rings. The molecule has 2 aromatic rings. The molecular weight excluding hydrogens is 328 g/mol. The molecule has 4 heteroatoms. The summed E-state index contributed by atoms with van der Waals surface area (Å²) in [6.45, 7) is 3.52. The minimum atomic E-state index is 0.0225. The lowest BCUT2D eigenvalue weighted by atomic mass is 10.1. The highest BCUT2D eigenvalue weighted by Gasteiger charge is 2.17. The van der Waals surface area contributed by atoms with Crippen LogP contribution in [0.5, 0.6) is 0 Å². The lowest BCUT2D eigenvalue weighted by Gasteiger charge is -2.23. The number of aryl methyl sites for hydroxylation is 1. The van der Waals surface area contributed by atoms with Crippen molar-refractivity contribution in [3.05, 3.63) is 69.7 Å². The molecule has 0 saturated carbocycles. The highest BCUT2D eigenvalue weighted by Crippen LogP contribution is 2.18. The van der Waals surface area contributed by atoms with Crippen LogP contribution in [0, 0.1) is 6.92 Å². The molecule has 0 unspecified atom stereocenters. The van der Waals surface area contributed by atoms with Gasteiger partial charge in [-0.3, -0.25) is 4.79 Å². The van der Waals surface area contributed by atoms with Crippen LogP contribution >= 0.6 is 15.9 Å². The van der Waals surface area contributed by atoms with E-state index < -0.39 is 0 Å². The predicted molar refractivity (Wildman–Crippen MR) is 89.1 cm³/mol. The first kappa shape index (κ1) is 15.7. The van der Waals surface area contributed by atoms with Gasteiger partial charge in [0.25, 0.3) is 5.91 Å². The predicted octanol–water partition coefficient (Wildman–Crippen LogP) is 3.36. The lowest BCUT2D eigenvalue weighted by Crippen LogP contribution is -2.35. The minimum absolute atomic E-state index is 0.0225. The van der Waals surface area contributed by atoms with E-state index in [9.17, 15) is 4.79 Å². The first-order valence-electron chi connectivity index (χ1n) is 6.91. The zero-order valence-corrected chi connectivity index (χ0v) is 13.6. The van der Waals surface area contributed by atoms with Crippen LogP contribution in [-0.2, 0) is 6.54 Å². The van der Waals surface area contributed by atoms with Crippen molar-refractivity contribution in [3.8, 4) is 0 Å². The first-order valence-corrected chi connectivity index (χ1v) is 7.70. The Labute approximate surface area is 133 Å². The second kappa shape index (κ2) is 7.38. The van der Waals surface area contributed by atoms with Crippen molar-refractivity contribution in [2.75, 3.05) is 13.1 Å². The van der Waals surface area contributed by atoms with Gasteiger partial charge in [0.15, 0.2) is 0 Å². The first-order chi connectivity index (χ1) is 10.1. The molecule has 3 nitrogen and oxygen atoms in total. The van der Waals surface area contributed by atoms with E-state index in [1.807, 2.05) is 55.5 Å². The van der Waals surface area contributed by atoms with Crippen LogP contribution in [0.15, 0.2) is 53.0 Å². The van der Waals surface area contributed by atoms with Crippen LogP contribution < -0.4 is 5.73 Å². The molecule has 0 radical (unpaired) electrons. The number of hydrogen-bond acceptors (Lipinski definition) is 2. The molecule has 0 fully saturated rings. The molecule has 0 heterocycles. The molecule has 0 aromatic heterocycles. The zero-order chi connectivity index (χ0) is 15.2. The van der Waals surface area contributed by atoms with E-state index in [1.54, 1.807) is 4.90 Å². The molecule has 21 heavy (non-hydrogen) atoms. The van der Waals surface area contributed by atoms with E-state index in [4.69, 9.17) is 5.73 Å². The summed E-state index contributed by atoms with van der Waals surface area (Å²) in [7, 11) is 0. The van der Waals surface area contributed by atoms with E-state index in [2.05, 4.69) is 15.9 Å². The quantitative estimate of drug-likeness (QED) is 0.902. The van der Waals surface area contributed by atoms with Gasteiger partial charge in [0, 0.05) is 29.7 Å². The number of nitrogens with zero attached hydrogens (tertiary/aromatic N) is 1. The fraction of sp³-hybridized carbons (Fsp3) is 0.235. The van der Waals surface area contributed by atoms with Gasteiger partial charge in [-0.1, -0.05) is 46.3 Å². The van der Waals surface area contributed by atoms with Gasteiger partial charge >= 0.3 is 0 Å². The molecular formula is C17H19BrN2O. The molecule has 0 saturated heterocycles. The largest absolute Gasteiger partial charge is 0.333 e. The van der Waals surface area contributed by atoms with Gasteiger partial charge in [-0.2, -0.15) is 0 Å². The second-order valence-electron chi connectivity index (χ2n) is 4.96. The Kier molecular flexibility index (Phi) is 5.53. The van der Waals surface area contributed by atoms with E-state index in [0.29, 0.717) is 19.6 Å². The van der Waals surface area contributed by atoms with Crippen molar-refractivity contribution in [3.63, 3.8) is 0 Å². The van der Waals surface area contributed by atoms with Crippen LogP contribution in [0.1, 0.15) is 21.5 Å². The number of benzene rings is 2. The van der Waals surface area contributed by atoms with Crippen LogP contribution in [0.3, 0.4) is 0 Å². The molecule has 2 N–H and O–H groups in total. The van der Waals surface area contributed by atoms with Crippen molar-refractivity contribution in [1.29, 1.82) is 0 Å².